The number of ether oxygens (including phenoxy) is 1. The van der Waals surface area contributed by atoms with E-state index in [0.29, 0.717) is 33.2 Å². The lowest BCUT2D eigenvalue weighted by atomic mass is 9.88. The zero-order chi connectivity index (χ0) is 19.8. The van der Waals surface area contributed by atoms with Crippen molar-refractivity contribution in [2.24, 2.45) is 0 Å². The molecule has 2 heterocycles. The molecule has 0 fully saturated rings. The maximum atomic E-state index is 12.5. The molecule has 3 rings (SSSR count). The summed E-state index contributed by atoms with van der Waals surface area (Å²) in [5.41, 5.74) is 0.810. The number of carbonyl (C=O) groups is 1. The zero-order valence-electron chi connectivity index (χ0n) is 15.3. The number of hydrogen-bond acceptors (Lipinski definition) is 5. The highest BCUT2D eigenvalue weighted by atomic mass is 16.5. The van der Waals surface area contributed by atoms with Crippen molar-refractivity contribution < 1.29 is 14.7 Å². The van der Waals surface area contributed by atoms with Crippen LogP contribution in [-0.2, 0) is 4.79 Å². The van der Waals surface area contributed by atoms with Gasteiger partial charge >= 0.3 is 0 Å². The number of nitriles is 1. The topological polar surface area (TPSA) is 95.6 Å². The van der Waals surface area contributed by atoms with Gasteiger partial charge in [-0.25, -0.2) is 5.06 Å². The lowest BCUT2D eigenvalue weighted by Gasteiger charge is -2.38. The Bertz CT molecular complexity index is 1040. The highest BCUT2D eigenvalue weighted by molar-refractivity contribution is 5.79. The van der Waals surface area contributed by atoms with Crippen molar-refractivity contribution in [2.75, 3.05) is 6.54 Å². The van der Waals surface area contributed by atoms with Crippen molar-refractivity contribution in [1.82, 2.24) is 9.63 Å². The molecule has 1 aromatic carbocycles. The summed E-state index contributed by atoms with van der Waals surface area (Å²) in [5, 5.41) is 19.9. The highest BCUT2D eigenvalue weighted by Gasteiger charge is 2.37. The minimum Gasteiger partial charge on any atom is -0.483 e. The standard InChI is InChI=1S/C20H19N3O4/c1-13(24)23(26)12-16-19(22-9-5-4-6-18(22)25)15-10-14(11-21)7-8-17(15)27-20(16,2)3/h4-10,26H,12H2,1-3H3. The van der Waals surface area contributed by atoms with Gasteiger partial charge in [-0.3, -0.25) is 19.4 Å². The molecule has 1 aliphatic heterocycles. The molecule has 0 saturated heterocycles. The van der Waals surface area contributed by atoms with Crippen molar-refractivity contribution in [3.63, 3.8) is 0 Å². The van der Waals surface area contributed by atoms with Crippen LogP contribution in [0.4, 0.5) is 0 Å². The Balaban J connectivity index is 2.37. The predicted molar refractivity (Wildman–Crippen MR) is 98.1 cm³/mol. The largest absolute Gasteiger partial charge is 0.483 e. The molecule has 1 aromatic heterocycles. The number of rotatable bonds is 3. The van der Waals surface area contributed by atoms with Crippen LogP contribution in [0.2, 0.25) is 0 Å². The number of fused-ring (bicyclic) bond motifs is 1. The third-order valence-corrected chi connectivity index (χ3v) is 4.48. The quantitative estimate of drug-likeness (QED) is 0.666. The summed E-state index contributed by atoms with van der Waals surface area (Å²) in [6.07, 6.45) is 1.61. The van der Waals surface area contributed by atoms with Crippen molar-refractivity contribution in [2.45, 2.75) is 26.4 Å². The Morgan fingerprint density at radius 1 is 1.33 bits per heavy atom. The number of benzene rings is 1. The van der Waals surface area contributed by atoms with Gasteiger partial charge in [0.05, 0.1) is 23.9 Å². The van der Waals surface area contributed by atoms with Gasteiger partial charge in [0.25, 0.3) is 5.56 Å². The van der Waals surface area contributed by atoms with E-state index >= 15 is 0 Å². The van der Waals surface area contributed by atoms with Gasteiger partial charge < -0.3 is 4.74 Å². The first-order valence-electron chi connectivity index (χ1n) is 8.37. The molecule has 0 atom stereocenters. The van der Waals surface area contributed by atoms with Crippen molar-refractivity contribution >= 4 is 11.6 Å². The second kappa shape index (κ2) is 6.74. The first kappa shape index (κ1) is 18.4. The lowest BCUT2D eigenvalue weighted by molar-refractivity contribution is -0.161. The lowest BCUT2D eigenvalue weighted by Crippen LogP contribution is -2.42. The average Bonchev–Trinajstić information content (AvgIpc) is 2.62. The van der Waals surface area contributed by atoms with Crippen molar-refractivity contribution in [1.29, 1.82) is 5.26 Å². The molecular formula is C20H19N3O4. The maximum absolute atomic E-state index is 12.5. The Hall–Kier alpha value is -3.37. The van der Waals surface area contributed by atoms with E-state index in [4.69, 9.17) is 4.74 Å². The summed E-state index contributed by atoms with van der Waals surface area (Å²) in [5.74, 6) is -0.0181. The number of hydroxylamine groups is 2. The third kappa shape index (κ3) is 3.35. The third-order valence-electron chi connectivity index (χ3n) is 4.48. The fraction of sp³-hybridized carbons (Fsp3) is 0.250. The van der Waals surface area contributed by atoms with Crippen LogP contribution in [0, 0.1) is 11.3 Å². The molecule has 2 aromatic rings. The van der Waals surface area contributed by atoms with E-state index in [1.807, 2.05) is 0 Å². The Morgan fingerprint density at radius 3 is 2.70 bits per heavy atom. The first-order valence-corrected chi connectivity index (χ1v) is 8.37. The minimum absolute atomic E-state index is 0.144. The second-order valence-electron chi connectivity index (χ2n) is 6.75. The molecule has 7 nitrogen and oxygen atoms in total. The van der Waals surface area contributed by atoms with E-state index in [2.05, 4.69) is 6.07 Å². The molecule has 0 bridgehead atoms. The molecule has 7 heteroatoms. The molecule has 1 aliphatic rings. The Morgan fingerprint density at radius 2 is 2.07 bits per heavy atom. The van der Waals surface area contributed by atoms with E-state index < -0.39 is 11.5 Å². The number of aromatic nitrogens is 1. The van der Waals surface area contributed by atoms with Crippen LogP contribution >= 0.6 is 0 Å². The van der Waals surface area contributed by atoms with E-state index in [1.165, 1.54) is 17.6 Å². The molecule has 0 unspecified atom stereocenters. The number of hydrogen-bond donors (Lipinski definition) is 1. The second-order valence-corrected chi connectivity index (χ2v) is 6.75. The molecule has 0 spiro atoms. The molecule has 1 N–H and O–H groups in total. The fourth-order valence-electron chi connectivity index (χ4n) is 3.07. The maximum Gasteiger partial charge on any atom is 0.255 e. The number of carbonyl (C=O) groups excluding carboxylic acids is 1. The summed E-state index contributed by atoms with van der Waals surface area (Å²) in [6.45, 7) is 4.69. The van der Waals surface area contributed by atoms with Gasteiger partial charge in [0.15, 0.2) is 0 Å². The number of nitrogens with zero attached hydrogens (tertiary/aromatic N) is 3. The average molecular weight is 365 g/mol. The van der Waals surface area contributed by atoms with Gasteiger partial charge in [0.2, 0.25) is 5.91 Å². The minimum atomic E-state index is -0.901. The molecule has 27 heavy (non-hydrogen) atoms. The van der Waals surface area contributed by atoms with Crippen LogP contribution in [0.3, 0.4) is 0 Å². The van der Waals surface area contributed by atoms with Crippen molar-refractivity contribution in [3.05, 3.63) is 69.6 Å². The summed E-state index contributed by atoms with van der Waals surface area (Å²) in [7, 11) is 0. The van der Waals surface area contributed by atoms with E-state index in [1.54, 1.807) is 50.4 Å². The molecule has 1 amide bonds. The molecular weight excluding hydrogens is 346 g/mol. The van der Waals surface area contributed by atoms with Crippen LogP contribution in [0.25, 0.3) is 5.70 Å². The summed E-state index contributed by atoms with van der Waals surface area (Å²) >= 11 is 0. The fourth-order valence-corrected chi connectivity index (χ4v) is 3.07. The van der Waals surface area contributed by atoms with Crippen LogP contribution in [0.15, 0.2) is 53.0 Å². The highest BCUT2D eigenvalue weighted by Crippen LogP contribution is 2.41. The van der Waals surface area contributed by atoms with Gasteiger partial charge in [-0.2, -0.15) is 5.26 Å². The molecule has 0 aliphatic carbocycles. The SMILES string of the molecule is CC(=O)N(O)CC1=C(n2ccccc2=O)c2cc(C#N)ccc2OC1(C)C. The smallest absolute Gasteiger partial charge is 0.255 e. The monoisotopic (exact) mass is 365 g/mol. The molecule has 0 radical (unpaired) electrons. The van der Waals surface area contributed by atoms with Gasteiger partial charge in [0.1, 0.15) is 11.4 Å². The summed E-state index contributed by atoms with van der Waals surface area (Å²) < 4.78 is 7.51. The van der Waals surface area contributed by atoms with Gasteiger partial charge in [0, 0.05) is 30.3 Å². The van der Waals surface area contributed by atoms with Crippen molar-refractivity contribution in [3.8, 4) is 11.8 Å². The summed E-state index contributed by atoms with van der Waals surface area (Å²) in [6, 6.07) is 11.8. The normalized spacial score (nSPS) is 14.8. The Labute approximate surface area is 156 Å². The van der Waals surface area contributed by atoms with Crippen LogP contribution < -0.4 is 10.3 Å². The molecule has 138 valence electrons. The van der Waals surface area contributed by atoms with Crippen LogP contribution in [0.5, 0.6) is 5.75 Å². The van der Waals surface area contributed by atoms with E-state index in [9.17, 15) is 20.1 Å². The molecule has 0 saturated carbocycles. The Kier molecular flexibility index (Phi) is 4.60. The zero-order valence-corrected chi connectivity index (χ0v) is 15.3. The van der Waals surface area contributed by atoms with Gasteiger partial charge in [-0.15, -0.1) is 0 Å². The predicted octanol–water partition coefficient (Wildman–Crippen LogP) is 2.39. The number of amides is 1. The van der Waals surface area contributed by atoms with Crippen LogP contribution in [-0.4, -0.2) is 32.9 Å². The van der Waals surface area contributed by atoms with E-state index in [-0.39, 0.29) is 12.1 Å². The number of pyridine rings is 1. The van der Waals surface area contributed by atoms with Gasteiger partial charge in [-0.1, -0.05) is 6.07 Å². The van der Waals surface area contributed by atoms with E-state index in [0.717, 1.165) is 0 Å². The first-order chi connectivity index (χ1) is 12.7. The van der Waals surface area contributed by atoms with Crippen LogP contribution in [0.1, 0.15) is 31.9 Å². The summed E-state index contributed by atoms with van der Waals surface area (Å²) in [4.78, 5) is 24.1. The van der Waals surface area contributed by atoms with Gasteiger partial charge in [-0.05, 0) is 38.1 Å².